The van der Waals surface area contributed by atoms with Crippen molar-refractivity contribution in [1.29, 1.82) is 0 Å². The Morgan fingerprint density at radius 2 is 1.83 bits per heavy atom. The Labute approximate surface area is 141 Å². The highest BCUT2D eigenvalue weighted by Gasteiger charge is 2.42. The average molecular weight is 327 g/mol. The van der Waals surface area contributed by atoms with Crippen LogP contribution in [0.1, 0.15) is 29.9 Å². The first kappa shape index (κ1) is 16.7. The van der Waals surface area contributed by atoms with Crippen molar-refractivity contribution in [3.8, 4) is 0 Å². The summed E-state index contributed by atoms with van der Waals surface area (Å²) in [6.45, 7) is 0. The van der Waals surface area contributed by atoms with Gasteiger partial charge in [0.25, 0.3) is 0 Å². The highest BCUT2D eigenvalue weighted by Crippen LogP contribution is 2.36. The fourth-order valence-electron chi connectivity index (χ4n) is 3.57. The molecule has 0 saturated carbocycles. The van der Waals surface area contributed by atoms with Crippen LogP contribution in [-0.2, 0) is 11.2 Å². The standard InChI is InChI=1S/C20H22FNO2/c1-22-19(24)13-17(15-5-3-2-4-6-15)20(22)18(23)12-9-14-7-10-16(21)11-8-14/h2-8,10-11,17-18,20,23H,9,12-13H2,1H3/t17-,18+,20-/m1/s1. The van der Waals surface area contributed by atoms with Crippen LogP contribution in [-0.4, -0.2) is 35.1 Å². The molecule has 2 aromatic carbocycles. The molecule has 0 radical (unpaired) electrons. The van der Waals surface area contributed by atoms with Crippen molar-refractivity contribution in [3.63, 3.8) is 0 Å². The minimum Gasteiger partial charge on any atom is -0.391 e. The van der Waals surface area contributed by atoms with Crippen LogP contribution in [0.25, 0.3) is 0 Å². The Kier molecular flexibility index (Phi) is 4.95. The predicted molar refractivity (Wildman–Crippen MR) is 91.1 cm³/mol. The third kappa shape index (κ3) is 3.49. The third-order valence-corrected chi connectivity index (χ3v) is 4.91. The summed E-state index contributed by atoms with van der Waals surface area (Å²) < 4.78 is 13.0. The summed E-state index contributed by atoms with van der Waals surface area (Å²) in [6, 6.07) is 16.0. The zero-order chi connectivity index (χ0) is 17.1. The molecule has 1 amide bonds. The van der Waals surface area contributed by atoms with Crippen LogP contribution in [0.2, 0.25) is 0 Å². The molecule has 4 heteroatoms. The second-order valence-corrected chi connectivity index (χ2v) is 6.45. The van der Waals surface area contributed by atoms with Gasteiger partial charge in [-0.05, 0) is 36.1 Å². The van der Waals surface area contributed by atoms with Gasteiger partial charge in [0.2, 0.25) is 5.91 Å². The number of halogens is 1. The molecule has 2 aromatic rings. The monoisotopic (exact) mass is 327 g/mol. The van der Waals surface area contributed by atoms with Gasteiger partial charge in [0, 0.05) is 19.4 Å². The number of amides is 1. The highest BCUT2D eigenvalue weighted by molar-refractivity contribution is 5.80. The van der Waals surface area contributed by atoms with E-state index in [1.165, 1.54) is 12.1 Å². The van der Waals surface area contributed by atoms with Crippen molar-refractivity contribution in [1.82, 2.24) is 4.90 Å². The lowest BCUT2D eigenvalue weighted by molar-refractivity contribution is -0.128. The SMILES string of the molecule is CN1C(=O)C[C@H](c2ccccc2)[C@@H]1[C@@H](O)CCc1ccc(F)cc1. The van der Waals surface area contributed by atoms with E-state index in [0.717, 1.165) is 11.1 Å². The van der Waals surface area contributed by atoms with Gasteiger partial charge in [-0.25, -0.2) is 4.39 Å². The van der Waals surface area contributed by atoms with E-state index < -0.39 is 6.10 Å². The summed E-state index contributed by atoms with van der Waals surface area (Å²) in [5.74, 6) is -0.189. The van der Waals surface area contributed by atoms with Gasteiger partial charge in [0.15, 0.2) is 0 Å². The lowest BCUT2D eigenvalue weighted by Crippen LogP contribution is -2.41. The van der Waals surface area contributed by atoms with Crippen LogP contribution >= 0.6 is 0 Å². The summed E-state index contributed by atoms with van der Waals surface area (Å²) in [5.41, 5.74) is 2.07. The smallest absolute Gasteiger partial charge is 0.223 e. The Balaban J connectivity index is 1.72. The number of rotatable bonds is 5. The number of nitrogens with zero attached hydrogens (tertiary/aromatic N) is 1. The van der Waals surface area contributed by atoms with Gasteiger partial charge < -0.3 is 10.0 Å². The topological polar surface area (TPSA) is 40.5 Å². The van der Waals surface area contributed by atoms with E-state index in [2.05, 4.69) is 0 Å². The Bertz CT molecular complexity index is 687. The normalized spacial score (nSPS) is 22.0. The van der Waals surface area contributed by atoms with E-state index in [1.807, 2.05) is 30.3 Å². The van der Waals surface area contributed by atoms with Crippen LogP contribution in [0.5, 0.6) is 0 Å². The molecular formula is C20H22FNO2. The number of carbonyl (C=O) groups excluding carboxylic acids is 1. The molecule has 3 rings (SSSR count). The number of hydrogen-bond acceptors (Lipinski definition) is 2. The summed E-state index contributed by atoms with van der Waals surface area (Å²) in [6.07, 6.45) is 1.01. The maximum Gasteiger partial charge on any atom is 0.223 e. The van der Waals surface area contributed by atoms with Gasteiger partial charge in [0.05, 0.1) is 12.1 Å². The fourth-order valence-corrected chi connectivity index (χ4v) is 3.57. The maximum atomic E-state index is 13.0. The molecular weight excluding hydrogens is 305 g/mol. The Morgan fingerprint density at radius 1 is 1.17 bits per heavy atom. The molecule has 1 heterocycles. The number of hydrogen-bond donors (Lipinski definition) is 1. The van der Waals surface area contributed by atoms with E-state index in [4.69, 9.17) is 0 Å². The number of aliphatic hydroxyl groups is 1. The Morgan fingerprint density at radius 3 is 2.50 bits per heavy atom. The fraction of sp³-hybridized carbons (Fsp3) is 0.350. The van der Waals surface area contributed by atoms with E-state index in [-0.39, 0.29) is 23.7 Å². The molecule has 1 fully saturated rings. The summed E-state index contributed by atoms with van der Waals surface area (Å²) in [4.78, 5) is 13.8. The molecule has 24 heavy (non-hydrogen) atoms. The maximum absolute atomic E-state index is 13.0. The number of likely N-dealkylation sites (N-methyl/N-ethyl adjacent to an activating group) is 1. The van der Waals surface area contributed by atoms with Crippen molar-refractivity contribution in [2.45, 2.75) is 37.3 Å². The minimum atomic E-state index is -0.614. The number of carbonyl (C=O) groups is 1. The van der Waals surface area contributed by atoms with Gasteiger partial charge in [-0.1, -0.05) is 42.5 Å². The Hall–Kier alpha value is -2.20. The molecule has 1 aliphatic heterocycles. The molecule has 1 N–H and O–H groups in total. The molecule has 1 aliphatic rings. The van der Waals surface area contributed by atoms with Crippen LogP contribution in [0.3, 0.4) is 0 Å². The number of aliphatic hydroxyl groups excluding tert-OH is 1. The molecule has 3 atom stereocenters. The second-order valence-electron chi connectivity index (χ2n) is 6.45. The van der Waals surface area contributed by atoms with Crippen molar-refractivity contribution in [2.24, 2.45) is 0 Å². The first-order valence-electron chi connectivity index (χ1n) is 8.29. The molecule has 126 valence electrons. The third-order valence-electron chi connectivity index (χ3n) is 4.91. The largest absolute Gasteiger partial charge is 0.391 e. The number of likely N-dealkylation sites (tertiary alicyclic amines) is 1. The zero-order valence-electron chi connectivity index (χ0n) is 13.7. The summed E-state index contributed by atoms with van der Waals surface area (Å²) in [5, 5.41) is 10.7. The molecule has 0 bridgehead atoms. The molecule has 0 aromatic heterocycles. The first-order valence-corrected chi connectivity index (χ1v) is 8.29. The quantitative estimate of drug-likeness (QED) is 0.916. The van der Waals surface area contributed by atoms with Crippen molar-refractivity contribution < 1.29 is 14.3 Å². The highest BCUT2D eigenvalue weighted by atomic mass is 19.1. The zero-order valence-corrected chi connectivity index (χ0v) is 13.7. The molecule has 0 aliphatic carbocycles. The average Bonchev–Trinajstić information content (AvgIpc) is 2.90. The van der Waals surface area contributed by atoms with Gasteiger partial charge in [0.1, 0.15) is 5.82 Å². The van der Waals surface area contributed by atoms with Crippen molar-refractivity contribution in [3.05, 3.63) is 71.5 Å². The first-order chi connectivity index (χ1) is 11.6. The van der Waals surface area contributed by atoms with Crippen LogP contribution in [0.4, 0.5) is 4.39 Å². The molecule has 0 unspecified atom stereocenters. The molecule has 1 saturated heterocycles. The van der Waals surface area contributed by atoms with Gasteiger partial charge in [-0.2, -0.15) is 0 Å². The van der Waals surface area contributed by atoms with Crippen LogP contribution in [0, 0.1) is 5.82 Å². The van der Waals surface area contributed by atoms with Gasteiger partial charge in [-0.3, -0.25) is 4.79 Å². The van der Waals surface area contributed by atoms with E-state index >= 15 is 0 Å². The van der Waals surface area contributed by atoms with E-state index in [0.29, 0.717) is 19.3 Å². The second kappa shape index (κ2) is 7.14. The van der Waals surface area contributed by atoms with Crippen LogP contribution in [0.15, 0.2) is 54.6 Å². The number of aryl methyl sites for hydroxylation is 1. The minimum absolute atomic E-state index is 0.00641. The molecule has 3 nitrogen and oxygen atoms in total. The lowest BCUT2D eigenvalue weighted by Gasteiger charge is -2.30. The van der Waals surface area contributed by atoms with E-state index in [9.17, 15) is 14.3 Å². The molecule has 0 spiro atoms. The van der Waals surface area contributed by atoms with E-state index in [1.54, 1.807) is 24.1 Å². The van der Waals surface area contributed by atoms with Gasteiger partial charge in [-0.15, -0.1) is 0 Å². The van der Waals surface area contributed by atoms with Crippen molar-refractivity contribution >= 4 is 5.91 Å². The lowest BCUT2D eigenvalue weighted by atomic mass is 9.87. The number of benzene rings is 2. The van der Waals surface area contributed by atoms with Crippen LogP contribution < -0.4 is 0 Å². The summed E-state index contributed by atoms with van der Waals surface area (Å²) >= 11 is 0. The summed E-state index contributed by atoms with van der Waals surface area (Å²) in [7, 11) is 1.76. The predicted octanol–water partition coefficient (Wildman–Crippen LogP) is 3.13. The van der Waals surface area contributed by atoms with Crippen molar-refractivity contribution in [2.75, 3.05) is 7.05 Å². The van der Waals surface area contributed by atoms with Gasteiger partial charge >= 0.3 is 0 Å².